The summed E-state index contributed by atoms with van der Waals surface area (Å²) in [5.74, 6) is 0.948. The van der Waals surface area contributed by atoms with Crippen LogP contribution in [0.4, 0.5) is 0 Å². The van der Waals surface area contributed by atoms with E-state index in [1.807, 2.05) is 87.4 Å². The predicted octanol–water partition coefficient (Wildman–Crippen LogP) is 8.20. The molecule has 0 radical (unpaired) electrons. The fourth-order valence-electron chi connectivity index (χ4n) is 1.75. The highest BCUT2D eigenvalue weighted by molar-refractivity contribution is 5.33. The van der Waals surface area contributed by atoms with Crippen LogP contribution in [0.15, 0.2) is 48.6 Å². The summed E-state index contributed by atoms with van der Waals surface area (Å²) < 4.78 is 0. The molecule has 1 heteroatoms. The zero-order valence-electron chi connectivity index (χ0n) is 18.1. The number of allylic oxidation sites excluding steroid dienone is 4. The minimum Gasteiger partial charge on any atom is -0.508 e. The van der Waals surface area contributed by atoms with Crippen LogP contribution >= 0.6 is 0 Å². The van der Waals surface area contributed by atoms with Gasteiger partial charge in [0.25, 0.3) is 0 Å². The molecule has 0 saturated heterocycles. The molecule has 0 fully saturated rings. The van der Waals surface area contributed by atoms with E-state index in [4.69, 9.17) is 0 Å². The van der Waals surface area contributed by atoms with Gasteiger partial charge in [0.05, 0.1) is 0 Å². The zero-order valence-corrected chi connectivity index (χ0v) is 18.1. The molecule has 1 aromatic carbocycles. The van der Waals surface area contributed by atoms with Crippen molar-refractivity contribution in [2.45, 2.75) is 82.1 Å². The summed E-state index contributed by atoms with van der Waals surface area (Å²) in [5.41, 5.74) is 1.04. The van der Waals surface area contributed by atoms with E-state index in [2.05, 4.69) is 24.3 Å². The van der Waals surface area contributed by atoms with Crippen molar-refractivity contribution in [2.75, 3.05) is 0 Å². The molecule has 142 valence electrons. The van der Waals surface area contributed by atoms with E-state index in [-0.39, 0.29) is 0 Å². The fraction of sp³-hybridized carbons (Fsp3) is 0.565. The van der Waals surface area contributed by atoms with Crippen molar-refractivity contribution in [3.63, 3.8) is 0 Å². The maximum atomic E-state index is 9.60. The summed E-state index contributed by atoms with van der Waals surface area (Å²) >= 11 is 0. The average Bonchev–Trinajstić information content (AvgIpc) is 2.72. The largest absolute Gasteiger partial charge is 0.508 e. The molecule has 0 amide bonds. The minimum absolute atomic E-state index is 0.412. The van der Waals surface area contributed by atoms with Gasteiger partial charge in [-0.25, -0.2) is 0 Å². The number of phenols is 1. The second-order valence-corrected chi connectivity index (χ2v) is 3.64. The normalized spacial score (nSPS) is 12.8. The number of hydrogen-bond donors (Lipinski definition) is 1. The number of benzene rings is 1. The van der Waals surface area contributed by atoms with Crippen molar-refractivity contribution < 1.29 is 5.11 Å². The number of phenolic OH excluding ortho intramolecular Hbond substituents is 1. The van der Waals surface area contributed by atoms with E-state index in [9.17, 15) is 5.11 Å². The van der Waals surface area contributed by atoms with Gasteiger partial charge in [0.2, 0.25) is 0 Å². The first kappa shape index (κ1) is 30.4. The molecule has 0 aliphatic heterocycles. The molecule has 0 heterocycles. The molecule has 1 aromatic rings. The van der Waals surface area contributed by atoms with Gasteiger partial charge in [0, 0.05) is 0 Å². The van der Waals surface area contributed by atoms with Crippen molar-refractivity contribution >= 4 is 0 Å². The number of rotatable bonds is 2. The van der Waals surface area contributed by atoms with Crippen LogP contribution < -0.4 is 0 Å². The highest BCUT2D eigenvalue weighted by atomic mass is 16.3. The van der Waals surface area contributed by atoms with Crippen LogP contribution in [0.25, 0.3) is 0 Å². The van der Waals surface area contributed by atoms with Gasteiger partial charge >= 0.3 is 0 Å². The predicted molar refractivity (Wildman–Crippen MR) is 115 cm³/mol. The first-order valence-corrected chi connectivity index (χ1v) is 9.96. The van der Waals surface area contributed by atoms with Gasteiger partial charge in [-0.15, -0.1) is 0 Å². The molecule has 1 aliphatic carbocycles. The molecule has 1 atom stereocenters. The number of para-hydroxylation sites is 1. The molecule has 1 nitrogen and oxygen atoms in total. The maximum Gasteiger partial charge on any atom is 0.118 e. The van der Waals surface area contributed by atoms with Gasteiger partial charge in [-0.2, -0.15) is 0 Å². The van der Waals surface area contributed by atoms with Gasteiger partial charge in [0.1, 0.15) is 5.75 Å². The lowest BCUT2D eigenvalue weighted by Gasteiger charge is -2.13. The van der Waals surface area contributed by atoms with Crippen molar-refractivity contribution in [1.82, 2.24) is 0 Å². The van der Waals surface area contributed by atoms with Crippen molar-refractivity contribution in [2.24, 2.45) is 5.92 Å². The zero-order chi connectivity index (χ0) is 19.8. The van der Waals surface area contributed by atoms with Crippen LogP contribution in [-0.4, -0.2) is 5.11 Å². The van der Waals surface area contributed by atoms with E-state index >= 15 is 0 Å². The highest BCUT2D eigenvalue weighted by Crippen LogP contribution is 2.23. The van der Waals surface area contributed by atoms with Crippen LogP contribution in [0, 0.1) is 5.92 Å². The second-order valence-electron chi connectivity index (χ2n) is 3.64. The third-order valence-corrected chi connectivity index (χ3v) is 2.54. The lowest BCUT2D eigenvalue weighted by Crippen LogP contribution is -2.02. The van der Waals surface area contributed by atoms with Crippen molar-refractivity contribution in [1.29, 1.82) is 0 Å². The summed E-state index contributed by atoms with van der Waals surface area (Å²) in [5, 5.41) is 9.60. The smallest absolute Gasteiger partial charge is 0.118 e. The average molecular weight is 337 g/mol. The van der Waals surface area contributed by atoms with E-state index in [1.54, 1.807) is 6.07 Å². The lowest BCUT2D eigenvalue weighted by molar-refractivity contribution is 0.463. The molecular weight excluding hydrogens is 292 g/mol. The third kappa shape index (κ3) is 16.9. The summed E-state index contributed by atoms with van der Waals surface area (Å²) in [6.07, 6.45) is 10.5. The number of hydrogen-bond acceptors (Lipinski definition) is 1. The molecule has 0 saturated carbocycles. The van der Waals surface area contributed by atoms with E-state index in [0.29, 0.717) is 11.7 Å². The molecule has 0 bridgehead atoms. The Morgan fingerprint density at radius 3 is 1.71 bits per heavy atom. The first-order valence-electron chi connectivity index (χ1n) is 9.96. The third-order valence-electron chi connectivity index (χ3n) is 2.54. The quantitative estimate of drug-likeness (QED) is 0.577. The SMILES string of the molecule is CC.CC.CC.CC.CC.Oc1ccccc1CC1C=CC=CC1. The van der Waals surface area contributed by atoms with E-state index in [1.165, 1.54) is 0 Å². The van der Waals surface area contributed by atoms with Crippen LogP contribution in [0.3, 0.4) is 0 Å². The van der Waals surface area contributed by atoms with Crippen molar-refractivity contribution in [3.8, 4) is 5.75 Å². The van der Waals surface area contributed by atoms with Gasteiger partial charge in [-0.1, -0.05) is 112 Å². The van der Waals surface area contributed by atoms with E-state index < -0.39 is 0 Å². The summed E-state index contributed by atoms with van der Waals surface area (Å²) in [4.78, 5) is 0. The van der Waals surface area contributed by atoms with E-state index in [0.717, 1.165) is 18.4 Å². The second kappa shape index (κ2) is 29.5. The lowest BCUT2D eigenvalue weighted by atomic mass is 9.93. The topological polar surface area (TPSA) is 20.2 Å². The maximum absolute atomic E-state index is 9.60. The molecule has 1 unspecified atom stereocenters. The van der Waals surface area contributed by atoms with Crippen LogP contribution in [0.5, 0.6) is 5.75 Å². The highest BCUT2D eigenvalue weighted by Gasteiger charge is 2.08. The molecule has 1 N–H and O–H groups in total. The van der Waals surface area contributed by atoms with Crippen LogP contribution in [-0.2, 0) is 6.42 Å². The van der Waals surface area contributed by atoms with Crippen LogP contribution in [0.2, 0.25) is 0 Å². The molecule has 0 aromatic heterocycles. The monoisotopic (exact) mass is 336 g/mol. The Hall–Kier alpha value is -1.50. The fourth-order valence-corrected chi connectivity index (χ4v) is 1.75. The first-order chi connectivity index (χ1) is 11.9. The summed E-state index contributed by atoms with van der Waals surface area (Å²) in [7, 11) is 0. The van der Waals surface area contributed by atoms with Gasteiger partial charge < -0.3 is 5.11 Å². The Labute approximate surface area is 153 Å². The molecule has 1 aliphatic rings. The van der Waals surface area contributed by atoms with Crippen LogP contribution in [0.1, 0.15) is 81.2 Å². The van der Waals surface area contributed by atoms with Gasteiger partial charge in [-0.3, -0.25) is 0 Å². The number of aromatic hydroxyl groups is 1. The Morgan fingerprint density at radius 2 is 1.29 bits per heavy atom. The summed E-state index contributed by atoms with van der Waals surface area (Å²) in [6, 6.07) is 7.56. The minimum atomic E-state index is 0.412. The summed E-state index contributed by atoms with van der Waals surface area (Å²) in [6.45, 7) is 20.0. The van der Waals surface area contributed by atoms with Gasteiger partial charge in [0.15, 0.2) is 0 Å². The molecule has 24 heavy (non-hydrogen) atoms. The molecular formula is C23H44O. The van der Waals surface area contributed by atoms with Crippen molar-refractivity contribution in [3.05, 3.63) is 54.1 Å². The molecule has 2 rings (SSSR count). The Balaban J connectivity index is -0.000000173. The van der Waals surface area contributed by atoms with Gasteiger partial charge in [-0.05, 0) is 30.4 Å². The molecule has 0 spiro atoms. The Kier molecular flexibility index (Phi) is 37.4. The Morgan fingerprint density at radius 1 is 0.792 bits per heavy atom. The standard InChI is InChI=1S/C13H14O.5C2H6/c14-13-9-5-4-8-12(13)10-11-6-2-1-3-7-11;5*1-2/h1-6,8-9,11,14H,7,10H2;5*1-2H3. The Bertz CT molecular complexity index is 364.